The molecule has 5 nitrogen and oxygen atoms in total. The minimum absolute atomic E-state index is 0.124. The summed E-state index contributed by atoms with van der Waals surface area (Å²) < 4.78 is 13.9. The maximum Gasteiger partial charge on any atom is 0.256 e. The van der Waals surface area contributed by atoms with Crippen LogP contribution in [-0.2, 0) is 0 Å². The van der Waals surface area contributed by atoms with Crippen LogP contribution in [0, 0.1) is 19.7 Å². The average molecular weight is 390 g/mol. The molecular formula is C23H23FN4O. The fourth-order valence-electron chi connectivity index (χ4n) is 3.68. The number of carbonyl (C=O) groups excluding carboxylic acids is 1. The molecule has 2 heterocycles. The number of halogens is 1. The van der Waals surface area contributed by atoms with Gasteiger partial charge in [-0.3, -0.25) is 4.79 Å². The van der Waals surface area contributed by atoms with E-state index in [4.69, 9.17) is 0 Å². The molecule has 1 amide bonds. The van der Waals surface area contributed by atoms with Crippen molar-refractivity contribution in [3.8, 4) is 11.3 Å². The molecule has 1 aliphatic rings. The fraction of sp³-hybridized carbons (Fsp3) is 0.261. The number of nitrogens with zero attached hydrogens (tertiary/aromatic N) is 4. The van der Waals surface area contributed by atoms with E-state index in [0.29, 0.717) is 26.2 Å². The van der Waals surface area contributed by atoms with Crippen LogP contribution >= 0.6 is 0 Å². The number of rotatable bonds is 3. The van der Waals surface area contributed by atoms with E-state index in [1.54, 1.807) is 17.0 Å². The number of hydrogen-bond acceptors (Lipinski definition) is 4. The van der Waals surface area contributed by atoms with Gasteiger partial charge in [-0.1, -0.05) is 35.9 Å². The highest BCUT2D eigenvalue weighted by atomic mass is 19.1. The number of aryl methyl sites for hydroxylation is 2. The number of hydrogen-bond donors (Lipinski definition) is 0. The molecule has 0 bridgehead atoms. The summed E-state index contributed by atoms with van der Waals surface area (Å²) in [6, 6.07) is 16.3. The second-order valence-electron chi connectivity index (χ2n) is 7.35. The number of anilines is 1. The van der Waals surface area contributed by atoms with E-state index in [0.717, 1.165) is 17.1 Å². The molecule has 148 valence electrons. The van der Waals surface area contributed by atoms with Crippen LogP contribution in [0.5, 0.6) is 0 Å². The number of carbonyl (C=O) groups is 1. The highest BCUT2D eigenvalue weighted by molar-refractivity contribution is 5.94. The number of piperazine rings is 1. The van der Waals surface area contributed by atoms with Crippen LogP contribution in [0.25, 0.3) is 11.3 Å². The van der Waals surface area contributed by atoms with Gasteiger partial charge in [-0.15, -0.1) is 10.2 Å². The number of amides is 1. The van der Waals surface area contributed by atoms with Gasteiger partial charge in [0.2, 0.25) is 0 Å². The van der Waals surface area contributed by atoms with Gasteiger partial charge < -0.3 is 9.80 Å². The Balaban J connectivity index is 1.42. The van der Waals surface area contributed by atoms with Crippen LogP contribution in [0.2, 0.25) is 0 Å². The predicted octanol–water partition coefficient (Wildman–Crippen LogP) is 3.86. The molecule has 0 aliphatic carbocycles. The Labute approximate surface area is 169 Å². The molecule has 6 heteroatoms. The van der Waals surface area contributed by atoms with Crippen molar-refractivity contribution in [1.82, 2.24) is 15.1 Å². The lowest BCUT2D eigenvalue weighted by atomic mass is 10.0. The number of benzene rings is 2. The van der Waals surface area contributed by atoms with Gasteiger partial charge in [0.25, 0.3) is 5.91 Å². The van der Waals surface area contributed by atoms with Crippen molar-refractivity contribution in [2.45, 2.75) is 13.8 Å². The maximum atomic E-state index is 13.9. The van der Waals surface area contributed by atoms with Gasteiger partial charge >= 0.3 is 0 Å². The molecule has 1 fully saturated rings. The lowest BCUT2D eigenvalue weighted by Gasteiger charge is -2.35. The zero-order chi connectivity index (χ0) is 20.4. The van der Waals surface area contributed by atoms with Gasteiger partial charge in [-0.05, 0) is 43.7 Å². The molecule has 0 saturated carbocycles. The lowest BCUT2D eigenvalue weighted by molar-refractivity contribution is 0.0742. The van der Waals surface area contributed by atoms with E-state index >= 15 is 0 Å². The largest absolute Gasteiger partial charge is 0.352 e. The molecule has 2 aromatic carbocycles. The quantitative estimate of drug-likeness (QED) is 0.681. The second-order valence-corrected chi connectivity index (χ2v) is 7.35. The van der Waals surface area contributed by atoms with Gasteiger partial charge in [0.1, 0.15) is 5.82 Å². The topological polar surface area (TPSA) is 49.3 Å². The highest BCUT2D eigenvalue weighted by Gasteiger charge is 2.24. The van der Waals surface area contributed by atoms with Crippen LogP contribution in [0.3, 0.4) is 0 Å². The second kappa shape index (κ2) is 7.99. The monoisotopic (exact) mass is 390 g/mol. The molecular weight excluding hydrogens is 367 g/mol. The van der Waals surface area contributed by atoms with Gasteiger partial charge in [0, 0.05) is 31.7 Å². The first kappa shape index (κ1) is 19.1. The first-order valence-corrected chi connectivity index (χ1v) is 9.73. The molecule has 3 aromatic rings. The summed E-state index contributed by atoms with van der Waals surface area (Å²) in [7, 11) is 0. The first-order valence-electron chi connectivity index (χ1n) is 9.73. The molecule has 1 aromatic heterocycles. The van der Waals surface area contributed by atoms with E-state index in [2.05, 4.69) is 47.1 Å². The summed E-state index contributed by atoms with van der Waals surface area (Å²) in [5, 5.41) is 8.80. The van der Waals surface area contributed by atoms with E-state index < -0.39 is 5.82 Å². The SMILES string of the molecule is Cc1ccc(-c2ccc(N3CCN(C(=O)c4ccccc4F)CC3)nn2)c(C)c1. The van der Waals surface area contributed by atoms with Crippen LogP contribution in [0.1, 0.15) is 21.5 Å². The third-order valence-corrected chi connectivity index (χ3v) is 5.30. The summed E-state index contributed by atoms with van der Waals surface area (Å²) in [5.74, 6) is 0.0447. The average Bonchev–Trinajstić information content (AvgIpc) is 2.74. The Morgan fingerprint density at radius 3 is 2.34 bits per heavy atom. The molecule has 1 aliphatic heterocycles. The lowest BCUT2D eigenvalue weighted by Crippen LogP contribution is -2.49. The fourth-order valence-corrected chi connectivity index (χ4v) is 3.68. The van der Waals surface area contributed by atoms with Crippen molar-refractivity contribution in [2.75, 3.05) is 31.1 Å². The molecule has 0 spiro atoms. The molecule has 0 N–H and O–H groups in total. The van der Waals surface area contributed by atoms with Crippen molar-refractivity contribution in [1.29, 1.82) is 0 Å². The smallest absolute Gasteiger partial charge is 0.256 e. The van der Waals surface area contributed by atoms with Crippen LogP contribution < -0.4 is 4.90 Å². The summed E-state index contributed by atoms with van der Waals surface area (Å²) in [6.07, 6.45) is 0. The van der Waals surface area contributed by atoms with Gasteiger partial charge in [0.15, 0.2) is 5.82 Å². The predicted molar refractivity (Wildman–Crippen MR) is 111 cm³/mol. The molecule has 1 saturated heterocycles. The molecule has 4 rings (SSSR count). The Bertz CT molecular complexity index is 1030. The Morgan fingerprint density at radius 1 is 0.931 bits per heavy atom. The van der Waals surface area contributed by atoms with Gasteiger partial charge in [-0.25, -0.2) is 4.39 Å². The van der Waals surface area contributed by atoms with E-state index in [-0.39, 0.29) is 11.5 Å². The Hall–Kier alpha value is -3.28. The molecule has 29 heavy (non-hydrogen) atoms. The number of aromatic nitrogens is 2. The first-order chi connectivity index (χ1) is 14.0. The summed E-state index contributed by atoms with van der Waals surface area (Å²) in [6.45, 7) is 6.46. The van der Waals surface area contributed by atoms with Crippen molar-refractivity contribution in [3.63, 3.8) is 0 Å². The maximum absolute atomic E-state index is 13.9. The van der Waals surface area contributed by atoms with Crippen LogP contribution in [-0.4, -0.2) is 47.2 Å². The standard InChI is InChI=1S/C23H23FN4O/c1-16-7-8-18(17(2)15-16)21-9-10-22(26-25-21)27-11-13-28(14-12-27)23(29)19-5-3-4-6-20(19)24/h3-10,15H,11-14H2,1-2H3. The third kappa shape index (κ3) is 3.97. The minimum Gasteiger partial charge on any atom is -0.352 e. The molecule has 0 radical (unpaired) electrons. The van der Waals surface area contributed by atoms with Gasteiger partial charge in [0.05, 0.1) is 11.3 Å². The van der Waals surface area contributed by atoms with Crippen LogP contribution in [0.15, 0.2) is 54.6 Å². The van der Waals surface area contributed by atoms with Crippen LogP contribution in [0.4, 0.5) is 10.2 Å². The van der Waals surface area contributed by atoms with Gasteiger partial charge in [-0.2, -0.15) is 0 Å². The molecule has 0 atom stereocenters. The summed E-state index contributed by atoms with van der Waals surface area (Å²) >= 11 is 0. The summed E-state index contributed by atoms with van der Waals surface area (Å²) in [4.78, 5) is 16.3. The minimum atomic E-state index is -0.479. The van der Waals surface area contributed by atoms with Crippen molar-refractivity contribution in [2.24, 2.45) is 0 Å². The summed E-state index contributed by atoms with van der Waals surface area (Å²) in [5.41, 5.74) is 4.44. The zero-order valence-corrected chi connectivity index (χ0v) is 16.6. The van der Waals surface area contributed by atoms with E-state index in [9.17, 15) is 9.18 Å². The third-order valence-electron chi connectivity index (χ3n) is 5.30. The van der Waals surface area contributed by atoms with Crippen molar-refractivity contribution >= 4 is 11.7 Å². The van der Waals surface area contributed by atoms with Crippen molar-refractivity contribution < 1.29 is 9.18 Å². The normalized spacial score (nSPS) is 14.2. The zero-order valence-electron chi connectivity index (χ0n) is 16.6. The Morgan fingerprint density at radius 2 is 1.69 bits per heavy atom. The van der Waals surface area contributed by atoms with Crippen molar-refractivity contribution in [3.05, 3.63) is 77.1 Å². The highest BCUT2D eigenvalue weighted by Crippen LogP contribution is 2.23. The Kier molecular flexibility index (Phi) is 5.25. The molecule has 0 unspecified atom stereocenters. The van der Waals surface area contributed by atoms with E-state index in [1.165, 1.54) is 23.3 Å². The van der Waals surface area contributed by atoms with E-state index in [1.807, 2.05) is 12.1 Å².